The van der Waals surface area contributed by atoms with E-state index in [0.717, 1.165) is 53.5 Å². The number of nitrogens with one attached hydrogen (secondary N) is 1. The molecule has 0 spiro atoms. The van der Waals surface area contributed by atoms with Gasteiger partial charge in [-0.2, -0.15) is 10.2 Å². The van der Waals surface area contributed by atoms with Gasteiger partial charge in [0, 0.05) is 37.1 Å². The summed E-state index contributed by atoms with van der Waals surface area (Å²) in [7, 11) is 1.94. The fourth-order valence-corrected chi connectivity index (χ4v) is 3.60. The molecule has 0 atom stereocenters. The second-order valence-corrected chi connectivity index (χ2v) is 7.30. The lowest BCUT2D eigenvalue weighted by molar-refractivity contribution is 0.174. The van der Waals surface area contributed by atoms with Crippen molar-refractivity contribution in [2.45, 2.75) is 13.0 Å². The highest BCUT2D eigenvalue weighted by Crippen LogP contribution is 2.36. The molecule has 0 radical (unpaired) electrons. The molecule has 0 saturated heterocycles. The maximum Gasteiger partial charge on any atom is 0.231 e. The standard InChI is InChI=1S/C23H23N5O2/c1-27-14-17(12-25-27)9-10-24-13-19-15-28(20-5-3-2-4-6-20)26-23(19)18-7-8-21-22(11-18)30-16-29-21/h2-8,11-12,14-15,24H,9-10,13,16H2,1H3. The van der Waals surface area contributed by atoms with Crippen molar-refractivity contribution in [1.82, 2.24) is 24.9 Å². The Morgan fingerprint density at radius 2 is 1.90 bits per heavy atom. The van der Waals surface area contributed by atoms with E-state index < -0.39 is 0 Å². The van der Waals surface area contributed by atoms with E-state index in [9.17, 15) is 0 Å². The summed E-state index contributed by atoms with van der Waals surface area (Å²) in [5, 5.41) is 12.6. The number of aromatic nitrogens is 4. The lowest BCUT2D eigenvalue weighted by atomic mass is 10.1. The predicted octanol–water partition coefficient (Wildman–Crippen LogP) is 3.33. The highest BCUT2D eigenvalue weighted by Gasteiger charge is 2.18. The summed E-state index contributed by atoms with van der Waals surface area (Å²) in [5.74, 6) is 1.54. The molecule has 152 valence electrons. The quantitative estimate of drug-likeness (QED) is 0.481. The molecule has 0 fully saturated rings. The first-order valence-electron chi connectivity index (χ1n) is 9.98. The third-order valence-corrected chi connectivity index (χ3v) is 5.12. The number of hydrogen-bond donors (Lipinski definition) is 1. The van der Waals surface area contributed by atoms with Gasteiger partial charge < -0.3 is 14.8 Å². The van der Waals surface area contributed by atoms with Crippen molar-refractivity contribution < 1.29 is 9.47 Å². The number of rotatable bonds is 7. The van der Waals surface area contributed by atoms with Crippen molar-refractivity contribution in [2.75, 3.05) is 13.3 Å². The molecule has 7 heteroatoms. The van der Waals surface area contributed by atoms with E-state index in [1.54, 1.807) is 0 Å². The van der Waals surface area contributed by atoms with Gasteiger partial charge in [0.1, 0.15) is 0 Å². The van der Waals surface area contributed by atoms with Crippen LogP contribution in [0.5, 0.6) is 11.5 Å². The van der Waals surface area contributed by atoms with Crippen LogP contribution in [0.25, 0.3) is 16.9 Å². The van der Waals surface area contributed by atoms with Crippen LogP contribution in [-0.4, -0.2) is 32.9 Å². The van der Waals surface area contributed by atoms with Crippen LogP contribution in [0.3, 0.4) is 0 Å². The first-order chi connectivity index (χ1) is 14.8. The average molecular weight is 401 g/mol. The van der Waals surface area contributed by atoms with Gasteiger partial charge in [0.2, 0.25) is 6.79 Å². The van der Waals surface area contributed by atoms with Crippen molar-refractivity contribution in [3.05, 3.63) is 78.2 Å². The van der Waals surface area contributed by atoms with Crippen LogP contribution in [-0.2, 0) is 20.0 Å². The van der Waals surface area contributed by atoms with Crippen LogP contribution in [0.4, 0.5) is 0 Å². The van der Waals surface area contributed by atoms with E-state index in [0.29, 0.717) is 0 Å². The molecule has 30 heavy (non-hydrogen) atoms. The predicted molar refractivity (Wildman–Crippen MR) is 114 cm³/mol. The molecule has 4 aromatic rings. The maximum atomic E-state index is 5.56. The van der Waals surface area contributed by atoms with E-state index in [-0.39, 0.29) is 6.79 Å². The third-order valence-electron chi connectivity index (χ3n) is 5.12. The summed E-state index contributed by atoms with van der Waals surface area (Å²) < 4.78 is 14.8. The zero-order chi connectivity index (χ0) is 20.3. The molecule has 3 heterocycles. The van der Waals surface area contributed by atoms with Crippen LogP contribution in [0.15, 0.2) is 67.1 Å². The molecular weight excluding hydrogens is 378 g/mol. The number of aryl methyl sites for hydroxylation is 1. The van der Waals surface area contributed by atoms with Gasteiger partial charge in [0.25, 0.3) is 0 Å². The van der Waals surface area contributed by atoms with Gasteiger partial charge in [0.15, 0.2) is 11.5 Å². The Hall–Kier alpha value is -3.58. The number of fused-ring (bicyclic) bond motifs is 1. The van der Waals surface area contributed by atoms with Crippen molar-refractivity contribution in [2.24, 2.45) is 7.05 Å². The van der Waals surface area contributed by atoms with Gasteiger partial charge in [-0.05, 0) is 48.9 Å². The molecule has 1 aliphatic rings. The highest BCUT2D eigenvalue weighted by atomic mass is 16.7. The summed E-state index contributed by atoms with van der Waals surface area (Å²) in [4.78, 5) is 0. The van der Waals surface area contributed by atoms with Crippen LogP contribution in [0.1, 0.15) is 11.1 Å². The Bertz CT molecular complexity index is 1150. The summed E-state index contributed by atoms with van der Waals surface area (Å²) in [5.41, 5.74) is 5.33. The number of hydrogen-bond acceptors (Lipinski definition) is 5. The number of nitrogens with zero attached hydrogens (tertiary/aromatic N) is 4. The summed E-state index contributed by atoms with van der Waals surface area (Å²) >= 11 is 0. The Labute approximate surface area is 174 Å². The van der Waals surface area contributed by atoms with Gasteiger partial charge in [0.05, 0.1) is 17.6 Å². The van der Waals surface area contributed by atoms with Crippen LogP contribution in [0, 0.1) is 0 Å². The van der Waals surface area contributed by atoms with Gasteiger partial charge in [-0.25, -0.2) is 4.68 Å². The minimum absolute atomic E-state index is 0.264. The second-order valence-electron chi connectivity index (χ2n) is 7.30. The number of ether oxygens (including phenoxy) is 2. The maximum absolute atomic E-state index is 5.56. The molecule has 0 bridgehead atoms. The minimum atomic E-state index is 0.264. The van der Waals surface area contributed by atoms with Crippen LogP contribution in [0.2, 0.25) is 0 Å². The summed E-state index contributed by atoms with van der Waals surface area (Å²) in [6.45, 7) is 1.85. The van der Waals surface area contributed by atoms with Crippen molar-refractivity contribution in [1.29, 1.82) is 0 Å². The topological polar surface area (TPSA) is 66.1 Å². The molecular formula is C23H23N5O2. The Morgan fingerprint density at radius 3 is 2.73 bits per heavy atom. The van der Waals surface area contributed by atoms with Gasteiger partial charge in [-0.3, -0.25) is 4.68 Å². The zero-order valence-electron chi connectivity index (χ0n) is 16.8. The average Bonchev–Trinajstić information content (AvgIpc) is 3.51. The summed E-state index contributed by atoms with van der Waals surface area (Å²) in [6.07, 6.45) is 6.98. The molecule has 1 aliphatic heterocycles. The van der Waals surface area contributed by atoms with E-state index in [2.05, 4.69) is 28.7 Å². The zero-order valence-corrected chi connectivity index (χ0v) is 16.8. The Kier molecular flexibility index (Phi) is 4.94. The van der Waals surface area contributed by atoms with E-state index in [1.165, 1.54) is 5.56 Å². The first kappa shape index (κ1) is 18.4. The lowest BCUT2D eigenvalue weighted by Crippen LogP contribution is -2.16. The smallest absolute Gasteiger partial charge is 0.231 e. The minimum Gasteiger partial charge on any atom is -0.454 e. The molecule has 1 N–H and O–H groups in total. The van der Waals surface area contributed by atoms with Gasteiger partial charge >= 0.3 is 0 Å². The van der Waals surface area contributed by atoms with Crippen LogP contribution < -0.4 is 14.8 Å². The highest BCUT2D eigenvalue weighted by molar-refractivity contribution is 5.67. The molecule has 0 unspecified atom stereocenters. The van der Waals surface area contributed by atoms with Crippen molar-refractivity contribution in [3.63, 3.8) is 0 Å². The lowest BCUT2D eigenvalue weighted by Gasteiger charge is -2.05. The van der Waals surface area contributed by atoms with Crippen LogP contribution >= 0.6 is 0 Å². The fourth-order valence-electron chi connectivity index (χ4n) is 3.60. The first-order valence-corrected chi connectivity index (χ1v) is 9.98. The molecule has 2 aromatic carbocycles. The van der Waals surface area contributed by atoms with Crippen molar-refractivity contribution in [3.8, 4) is 28.4 Å². The fraction of sp³-hybridized carbons (Fsp3) is 0.217. The molecule has 0 aliphatic carbocycles. The van der Waals surface area contributed by atoms with E-state index in [1.807, 2.05) is 65.2 Å². The van der Waals surface area contributed by atoms with E-state index >= 15 is 0 Å². The Balaban J connectivity index is 1.39. The molecule has 0 amide bonds. The van der Waals surface area contributed by atoms with E-state index in [4.69, 9.17) is 14.6 Å². The number of benzene rings is 2. The molecule has 0 saturated carbocycles. The van der Waals surface area contributed by atoms with Gasteiger partial charge in [-0.1, -0.05) is 18.2 Å². The van der Waals surface area contributed by atoms with Gasteiger partial charge in [-0.15, -0.1) is 0 Å². The number of para-hydroxylation sites is 1. The largest absolute Gasteiger partial charge is 0.454 e. The second kappa shape index (κ2) is 8.04. The van der Waals surface area contributed by atoms with Crippen molar-refractivity contribution >= 4 is 0 Å². The molecule has 7 nitrogen and oxygen atoms in total. The molecule has 2 aromatic heterocycles. The molecule has 5 rings (SSSR count). The Morgan fingerprint density at radius 1 is 1.03 bits per heavy atom. The normalized spacial score (nSPS) is 12.4. The summed E-state index contributed by atoms with van der Waals surface area (Å²) in [6, 6.07) is 16.1. The SMILES string of the molecule is Cn1cc(CCNCc2cn(-c3ccccc3)nc2-c2ccc3c(c2)OCO3)cn1. The third kappa shape index (κ3) is 3.79. The monoisotopic (exact) mass is 401 g/mol.